The molecule has 6 heteroatoms. The summed E-state index contributed by atoms with van der Waals surface area (Å²) in [6, 6.07) is 0. The standard InChI is InChI=1S/2C7H14O3/c1-3-4-5-10-7(8)6-9-2;1-3-4-5-6(10-2)7(8)9/h3-6H2,1-2H3;6H,3-5H2,1-2H3,(H,8,9). The van der Waals surface area contributed by atoms with E-state index in [-0.39, 0.29) is 12.6 Å². The largest absolute Gasteiger partial charge is 0.479 e. The first-order valence-corrected chi connectivity index (χ1v) is 6.93. The van der Waals surface area contributed by atoms with E-state index in [0.29, 0.717) is 13.0 Å². The smallest absolute Gasteiger partial charge is 0.332 e. The lowest BCUT2D eigenvalue weighted by molar-refractivity contribution is -0.149. The van der Waals surface area contributed by atoms with Gasteiger partial charge in [0.1, 0.15) is 6.61 Å². The van der Waals surface area contributed by atoms with Crippen molar-refractivity contribution in [2.45, 2.75) is 52.1 Å². The molecule has 0 saturated carbocycles. The van der Waals surface area contributed by atoms with E-state index >= 15 is 0 Å². The molecule has 0 fully saturated rings. The highest BCUT2D eigenvalue weighted by Crippen LogP contribution is 2.03. The summed E-state index contributed by atoms with van der Waals surface area (Å²) >= 11 is 0. The minimum Gasteiger partial charge on any atom is -0.479 e. The number of aliphatic carboxylic acids is 1. The van der Waals surface area contributed by atoms with Gasteiger partial charge < -0.3 is 19.3 Å². The van der Waals surface area contributed by atoms with Crippen LogP contribution in [0.3, 0.4) is 0 Å². The average molecular weight is 292 g/mol. The maximum atomic E-state index is 10.6. The summed E-state index contributed by atoms with van der Waals surface area (Å²) in [6.07, 6.45) is 3.88. The Morgan fingerprint density at radius 3 is 2.10 bits per heavy atom. The molecule has 1 atom stereocenters. The molecule has 0 spiro atoms. The van der Waals surface area contributed by atoms with Crippen molar-refractivity contribution < 1.29 is 28.9 Å². The van der Waals surface area contributed by atoms with Crippen molar-refractivity contribution in [1.82, 2.24) is 0 Å². The van der Waals surface area contributed by atoms with Crippen molar-refractivity contribution in [1.29, 1.82) is 0 Å². The summed E-state index contributed by atoms with van der Waals surface area (Å²) in [6.45, 7) is 4.64. The molecule has 0 aliphatic rings. The van der Waals surface area contributed by atoms with Crippen LogP contribution in [0.15, 0.2) is 0 Å². The van der Waals surface area contributed by atoms with Gasteiger partial charge in [-0.3, -0.25) is 0 Å². The Morgan fingerprint density at radius 1 is 1.10 bits per heavy atom. The summed E-state index contributed by atoms with van der Waals surface area (Å²) < 4.78 is 14.0. The predicted octanol–water partition coefficient (Wildman–Crippen LogP) is 2.25. The zero-order valence-electron chi connectivity index (χ0n) is 13.0. The van der Waals surface area contributed by atoms with Crippen molar-refractivity contribution in [3.63, 3.8) is 0 Å². The predicted molar refractivity (Wildman–Crippen MR) is 75.7 cm³/mol. The van der Waals surface area contributed by atoms with Crippen LogP contribution < -0.4 is 0 Å². The number of carboxylic acids is 1. The second kappa shape index (κ2) is 15.9. The second-order valence-electron chi connectivity index (χ2n) is 4.21. The molecular formula is C14H28O6. The van der Waals surface area contributed by atoms with Crippen molar-refractivity contribution in [3.05, 3.63) is 0 Å². The van der Waals surface area contributed by atoms with E-state index in [9.17, 15) is 9.59 Å². The van der Waals surface area contributed by atoms with Gasteiger partial charge in [-0.15, -0.1) is 0 Å². The molecule has 0 aromatic rings. The molecule has 0 aliphatic heterocycles. The van der Waals surface area contributed by atoms with Crippen molar-refractivity contribution in [2.24, 2.45) is 0 Å². The van der Waals surface area contributed by atoms with Gasteiger partial charge in [0.2, 0.25) is 0 Å². The third kappa shape index (κ3) is 14.9. The second-order valence-corrected chi connectivity index (χ2v) is 4.21. The molecule has 0 heterocycles. The molecule has 120 valence electrons. The van der Waals surface area contributed by atoms with E-state index < -0.39 is 12.1 Å². The van der Waals surface area contributed by atoms with Gasteiger partial charge in [0, 0.05) is 14.2 Å². The van der Waals surface area contributed by atoms with Crippen LogP contribution in [-0.4, -0.2) is 50.6 Å². The van der Waals surface area contributed by atoms with E-state index in [1.807, 2.05) is 13.8 Å². The molecule has 0 rings (SSSR count). The Bertz CT molecular complexity index is 240. The normalized spacial score (nSPS) is 11.2. The molecule has 0 aliphatic carbocycles. The highest BCUT2D eigenvalue weighted by atomic mass is 16.6. The fourth-order valence-electron chi connectivity index (χ4n) is 1.22. The molecule has 1 N–H and O–H groups in total. The van der Waals surface area contributed by atoms with Crippen molar-refractivity contribution >= 4 is 11.9 Å². The first-order valence-electron chi connectivity index (χ1n) is 6.93. The number of carbonyl (C=O) groups is 2. The van der Waals surface area contributed by atoms with Crippen molar-refractivity contribution in [2.75, 3.05) is 27.4 Å². The first kappa shape index (κ1) is 21.2. The molecule has 0 aromatic carbocycles. The van der Waals surface area contributed by atoms with Crippen LogP contribution in [0.2, 0.25) is 0 Å². The van der Waals surface area contributed by atoms with E-state index in [1.165, 1.54) is 14.2 Å². The van der Waals surface area contributed by atoms with Crippen LogP contribution >= 0.6 is 0 Å². The Kier molecular flexibility index (Phi) is 16.8. The highest BCUT2D eigenvalue weighted by Gasteiger charge is 2.14. The fraction of sp³-hybridized carbons (Fsp3) is 0.857. The van der Waals surface area contributed by atoms with Crippen LogP contribution in [0, 0.1) is 0 Å². The first-order chi connectivity index (χ1) is 9.53. The zero-order chi connectivity index (χ0) is 15.8. The topological polar surface area (TPSA) is 82.1 Å². The monoisotopic (exact) mass is 292 g/mol. The zero-order valence-corrected chi connectivity index (χ0v) is 13.0. The lowest BCUT2D eigenvalue weighted by atomic mass is 10.2. The Hall–Kier alpha value is -1.14. The minimum atomic E-state index is -0.865. The van der Waals surface area contributed by atoms with Gasteiger partial charge >= 0.3 is 11.9 Å². The van der Waals surface area contributed by atoms with Gasteiger partial charge in [-0.25, -0.2) is 9.59 Å². The summed E-state index contributed by atoms with van der Waals surface area (Å²) in [5, 5.41) is 8.47. The minimum absolute atomic E-state index is 0.0592. The number of carbonyl (C=O) groups excluding carboxylic acids is 1. The molecule has 1 unspecified atom stereocenters. The van der Waals surface area contributed by atoms with Gasteiger partial charge in [0.15, 0.2) is 6.10 Å². The lowest BCUT2D eigenvalue weighted by Gasteiger charge is -2.07. The van der Waals surface area contributed by atoms with E-state index in [4.69, 9.17) is 14.6 Å². The average Bonchev–Trinajstić information content (AvgIpc) is 2.40. The highest BCUT2D eigenvalue weighted by molar-refractivity contribution is 5.72. The summed E-state index contributed by atoms with van der Waals surface area (Å²) in [4.78, 5) is 20.9. The third-order valence-corrected chi connectivity index (χ3v) is 2.40. The molecule has 0 saturated heterocycles. The van der Waals surface area contributed by atoms with E-state index in [1.54, 1.807) is 0 Å². The van der Waals surface area contributed by atoms with Crippen LogP contribution in [0.1, 0.15) is 46.0 Å². The molecule has 20 heavy (non-hydrogen) atoms. The molecule has 6 nitrogen and oxygen atoms in total. The van der Waals surface area contributed by atoms with Gasteiger partial charge in [0.05, 0.1) is 6.61 Å². The Balaban J connectivity index is 0. The van der Waals surface area contributed by atoms with Gasteiger partial charge in [0.25, 0.3) is 0 Å². The van der Waals surface area contributed by atoms with Gasteiger partial charge in [-0.05, 0) is 12.8 Å². The summed E-state index contributed by atoms with van der Waals surface area (Å²) in [5.74, 6) is -1.15. The van der Waals surface area contributed by atoms with Gasteiger partial charge in [-0.2, -0.15) is 0 Å². The van der Waals surface area contributed by atoms with E-state index in [0.717, 1.165) is 25.7 Å². The summed E-state index contributed by atoms with van der Waals surface area (Å²) in [5.41, 5.74) is 0. The number of hydrogen-bond donors (Lipinski definition) is 1. The Labute approximate surface area is 121 Å². The lowest BCUT2D eigenvalue weighted by Crippen LogP contribution is -2.21. The third-order valence-electron chi connectivity index (χ3n) is 2.40. The van der Waals surface area contributed by atoms with Gasteiger partial charge in [-0.1, -0.05) is 33.1 Å². The SMILES string of the molecule is CCCCC(OC)C(=O)O.CCCCOC(=O)COC. The quantitative estimate of drug-likeness (QED) is 0.491. The number of ether oxygens (including phenoxy) is 3. The number of esters is 1. The number of rotatable bonds is 10. The number of methoxy groups -OCH3 is 2. The molecule has 0 amide bonds. The van der Waals surface area contributed by atoms with Crippen LogP contribution in [0.5, 0.6) is 0 Å². The molecule has 0 bridgehead atoms. The number of hydrogen-bond acceptors (Lipinski definition) is 5. The fourth-order valence-corrected chi connectivity index (χ4v) is 1.22. The van der Waals surface area contributed by atoms with Crippen molar-refractivity contribution in [3.8, 4) is 0 Å². The van der Waals surface area contributed by atoms with E-state index in [2.05, 4.69) is 4.74 Å². The van der Waals surface area contributed by atoms with Crippen LogP contribution in [-0.2, 0) is 23.8 Å². The van der Waals surface area contributed by atoms with Crippen LogP contribution in [0.25, 0.3) is 0 Å². The molecule has 0 radical (unpaired) electrons. The summed E-state index contributed by atoms with van der Waals surface area (Å²) in [7, 11) is 2.90. The maximum Gasteiger partial charge on any atom is 0.332 e. The Morgan fingerprint density at radius 2 is 1.70 bits per heavy atom. The van der Waals surface area contributed by atoms with Crippen LogP contribution in [0.4, 0.5) is 0 Å². The number of unbranched alkanes of at least 4 members (excludes halogenated alkanes) is 2. The number of carboxylic acid groups (broad SMARTS) is 1. The maximum absolute atomic E-state index is 10.6. The molecular weight excluding hydrogens is 264 g/mol. The molecule has 0 aromatic heterocycles.